The number of benzene rings is 1. The highest BCUT2D eigenvalue weighted by Crippen LogP contribution is 2.25. The normalized spacial score (nSPS) is 27.2. The summed E-state index contributed by atoms with van der Waals surface area (Å²) in [6.07, 6.45) is 3.31. The van der Waals surface area contributed by atoms with Crippen LogP contribution in [0.5, 0.6) is 0 Å². The Morgan fingerprint density at radius 1 is 1.08 bits per heavy atom. The van der Waals surface area contributed by atoms with Crippen LogP contribution in [0.25, 0.3) is 0 Å². The molecule has 4 rings (SSSR count). The Balaban J connectivity index is 1.22. The van der Waals surface area contributed by atoms with Crippen molar-refractivity contribution in [3.05, 3.63) is 29.3 Å². The number of halogens is 1. The van der Waals surface area contributed by atoms with E-state index >= 15 is 0 Å². The van der Waals surface area contributed by atoms with Crippen LogP contribution in [0.1, 0.15) is 12.8 Å². The van der Waals surface area contributed by atoms with Gasteiger partial charge in [-0.05, 0) is 37.1 Å². The zero-order chi connectivity index (χ0) is 17.9. The number of morpholine rings is 1. The molecule has 0 aromatic heterocycles. The number of rotatable bonds is 4. The van der Waals surface area contributed by atoms with Gasteiger partial charge in [0.05, 0.1) is 18.8 Å². The van der Waals surface area contributed by atoms with Gasteiger partial charge in [-0.3, -0.25) is 9.89 Å². The first-order valence-electron chi connectivity index (χ1n) is 9.60. The Labute approximate surface area is 160 Å². The standard InChI is InChI=1S/C19H28ClN5O/c20-15-1-3-16(4-2-15)24-9-11-25(12-10-24)19(21)22-7-8-23-13-17-5-6-18(14-23)26-17/h1-4,17-18H,5-14H2,(H2,21,22). The molecule has 3 fully saturated rings. The second-order valence-corrected chi connectivity index (χ2v) is 7.84. The first-order chi connectivity index (χ1) is 12.7. The number of likely N-dealkylation sites (tertiary alicyclic amines) is 1. The summed E-state index contributed by atoms with van der Waals surface area (Å²) in [5.41, 5.74) is 7.45. The summed E-state index contributed by atoms with van der Waals surface area (Å²) in [4.78, 5) is 11.7. The number of fused-ring (bicyclic) bond motifs is 2. The van der Waals surface area contributed by atoms with Gasteiger partial charge < -0.3 is 20.3 Å². The third-order valence-electron chi connectivity index (χ3n) is 5.60. The molecule has 6 nitrogen and oxygen atoms in total. The third kappa shape index (κ3) is 4.24. The summed E-state index contributed by atoms with van der Waals surface area (Å²) >= 11 is 5.97. The second kappa shape index (κ2) is 8.03. The minimum absolute atomic E-state index is 0.441. The lowest BCUT2D eigenvalue weighted by Gasteiger charge is -2.36. The molecule has 142 valence electrons. The molecule has 0 saturated carbocycles. The summed E-state index contributed by atoms with van der Waals surface area (Å²) in [6, 6.07) is 8.03. The van der Waals surface area contributed by atoms with Crippen molar-refractivity contribution < 1.29 is 4.74 Å². The lowest BCUT2D eigenvalue weighted by atomic mass is 10.2. The Morgan fingerprint density at radius 3 is 2.38 bits per heavy atom. The maximum atomic E-state index is 6.23. The van der Waals surface area contributed by atoms with Crippen molar-refractivity contribution in [2.75, 3.05) is 57.3 Å². The molecule has 0 aliphatic carbocycles. The molecule has 0 spiro atoms. The molecule has 3 heterocycles. The first-order valence-corrected chi connectivity index (χ1v) is 9.98. The van der Waals surface area contributed by atoms with Crippen molar-refractivity contribution in [1.29, 1.82) is 0 Å². The zero-order valence-electron chi connectivity index (χ0n) is 15.2. The summed E-state index contributed by atoms with van der Waals surface area (Å²) in [5.74, 6) is 0.678. The molecule has 0 radical (unpaired) electrons. The number of hydrogen-bond donors (Lipinski definition) is 1. The molecular weight excluding hydrogens is 350 g/mol. The van der Waals surface area contributed by atoms with Crippen LogP contribution in [0.2, 0.25) is 5.02 Å². The fourth-order valence-corrected chi connectivity index (χ4v) is 4.26. The van der Waals surface area contributed by atoms with Crippen LogP contribution in [0.4, 0.5) is 5.69 Å². The summed E-state index contributed by atoms with van der Waals surface area (Å²) in [7, 11) is 0. The van der Waals surface area contributed by atoms with E-state index in [0.717, 1.165) is 57.4 Å². The molecule has 3 aliphatic rings. The van der Waals surface area contributed by atoms with Gasteiger partial charge in [-0.25, -0.2) is 0 Å². The highest BCUT2D eigenvalue weighted by atomic mass is 35.5. The number of ether oxygens (including phenoxy) is 1. The van der Waals surface area contributed by atoms with Crippen LogP contribution in [-0.4, -0.2) is 80.3 Å². The Kier molecular flexibility index (Phi) is 5.52. The Bertz CT molecular complexity index is 617. The average Bonchev–Trinajstić information content (AvgIpc) is 3.00. The Morgan fingerprint density at radius 2 is 1.73 bits per heavy atom. The largest absolute Gasteiger partial charge is 0.372 e. The van der Waals surface area contributed by atoms with Crippen molar-refractivity contribution >= 4 is 23.2 Å². The summed E-state index contributed by atoms with van der Waals surface area (Å²) in [5, 5.41) is 0.775. The van der Waals surface area contributed by atoms with E-state index in [9.17, 15) is 0 Å². The molecule has 26 heavy (non-hydrogen) atoms. The topological polar surface area (TPSA) is 57.3 Å². The van der Waals surface area contributed by atoms with Gasteiger partial charge in [-0.2, -0.15) is 0 Å². The van der Waals surface area contributed by atoms with E-state index in [2.05, 4.69) is 31.8 Å². The van der Waals surface area contributed by atoms with E-state index < -0.39 is 0 Å². The predicted octanol–water partition coefficient (Wildman–Crippen LogP) is 1.64. The third-order valence-corrected chi connectivity index (χ3v) is 5.86. The van der Waals surface area contributed by atoms with Gasteiger partial charge in [0.1, 0.15) is 0 Å². The fourth-order valence-electron chi connectivity index (χ4n) is 4.13. The highest BCUT2D eigenvalue weighted by molar-refractivity contribution is 6.30. The fraction of sp³-hybridized carbons (Fsp3) is 0.632. The van der Waals surface area contributed by atoms with Gasteiger partial charge in [0.25, 0.3) is 0 Å². The van der Waals surface area contributed by atoms with Crippen molar-refractivity contribution in [2.45, 2.75) is 25.0 Å². The highest BCUT2D eigenvalue weighted by Gasteiger charge is 2.33. The molecule has 3 saturated heterocycles. The van der Waals surface area contributed by atoms with Crippen LogP contribution in [0.3, 0.4) is 0 Å². The van der Waals surface area contributed by atoms with E-state index in [0.29, 0.717) is 18.2 Å². The van der Waals surface area contributed by atoms with Crippen molar-refractivity contribution in [2.24, 2.45) is 10.7 Å². The van der Waals surface area contributed by atoms with Crippen LogP contribution >= 0.6 is 11.6 Å². The molecule has 0 amide bonds. The molecule has 3 aliphatic heterocycles. The molecule has 1 aromatic rings. The van der Waals surface area contributed by atoms with Gasteiger partial charge in [0, 0.05) is 56.5 Å². The molecule has 7 heteroatoms. The van der Waals surface area contributed by atoms with Gasteiger partial charge in [-0.1, -0.05) is 11.6 Å². The minimum Gasteiger partial charge on any atom is -0.372 e. The molecule has 2 unspecified atom stereocenters. The number of aliphatic imine (C=N–C) groups is 1. The summed E-state index contributed by atoms with van der Waals surface area (Å²) in [6.45, 7) is 7.54. The first kappa shape index (κ1) is 17.9. The number of hydrogen-bond acceptors (Lipinski definition) is 4. The molecule has 1 aromatic carbocycles. The van der Waals surface area contributed by atoms with Crippen LogP contribution < -0.4 is 10.6 Å². The van der Waals surface area contributed by atoms with Crippen LogP contribution in [-0.2, 0) is 4.74 Å². The van der Waals surface area contributed by atoms with E-state index in [4.69, 9.17) is 22.1 Å². The smallest absolute Gasteiger partial charge is 0.191 e. The lowest BCUT2D eigenvalue weighted by Crippen LogP contribution is -2.51. The van der Waals surface area contributed by atoms with Crippen molar-refractivity contribution in [3.63, 3.8) is 0 Å². The molecule has 2 N–H and O–H groups in total. The lowest BCUT2D eigenvalue weighted by molar-refractivity contribution is -0.0370. The number of nitrogens with two attached hydrogens (primary N) is 1. The van der Waals surface area contributed by atoms with Gasteiger partial charge in [-0.15, -0.1) is 0 Å². The predicted molar refractivity (Wildman–Crippen MR) is 106 cm³/mol. The maximum Gasteiger partial charge on any atom is 0.191 e. The average molecular weight is 378 g/mol. The number of piperazine rings is 1. The monoisotopic (exact) mass is 377 g/mol. The van der Waals surface area contributed by atoms with E-state index in [-0.39, 0.29) is 0 Å². The van der Waals surface area contributed by atoms with Gasteiger partial charge in [0.15, 0.2) is 5.96 Å². The summed E-state index contributed by atoms with van der Waals surface area (Å²) < 4.78 is 5.88. The van der Waals surface area contributed by atoms with Crippen molar-refractivity contribution in [1.82, 2.24) is 9.80 Å². The molecule has 2 bridgehead atoms. The van der Waals surface area contributed by atoms with E-state index in [1.54, 1.807) is 0 Å². The van der Waals surface area contributed by atoms with E-state index in [1.165, 1.54) is 18.5 Å². The van der Waals surface area contributed by atoms with Gasteiger partial charge >= 0.3 is 0 Å². The van der Waals surface area contributed by atoms with Crippen molar-refractivity contribution in [3.8, 4) is 0 Å². The maximum absolute atomic E-state index is 6.23. The number of anilines is 1. The van der Waals surface area contributed by atoms with E-state index in [1.807, 2.05) is 12.1 Å². The Hall–Kier alpha value is -1.50. The van der Waals surface area contributed by atoms with Crippen LogP contribution in [0.15, 0.2) is 29.3 Å². The molecule has 2 atom stereocenters. The second-order valence-electron chi connectivity index (χ2n) is 7.41. The minimum atomic E-state index is 0.441. The molecular formula is C19H28ClN5O. The number of guanidine groups is 1. The SMILES string of the molecule is NC(=NCCN1CC2CCC(C1)O2)N1CCN(c2ccc(Cl)cc2)CC1. The van der Waals surface area contributed by atoms with Crippen LogP contribution in [0, 0.1) is 0 Å². The quantitative estimate of drug-likeness (QED) is 0.638. The zero-order valence-corrected chi connectivity index (χ0v) is 15.9. The number of nitrogens with zero attached hydrogens (tertiary/aromatic N) is 4. The van der Waals surface area contributed by atoms with Gasteiger partial charge in [0.2, 0.25) is 0 Å².